The molecule has 10 atom stereocenters. The minimum absolute atomic E-state index is 0.121. The van der Waals surface area contributed by atoms with Crippen molar-refractivity contribution in [2.24, 2.45) is 0 Å². The van der Waals surface area contributed by atoms with Gasteiger partial charge in [0.15, 0.2) is 0 Å². The van der Waals surface area contributed by atoms with Crippen molar-refractivity contribution >= 4 is 23.6 Å². The minimum atomic E-state index is -1.66. The molecule has 0 aromatic heterocycles. The number of aliphatic hydroxyl groups is 6. The lowest BCUT2D eigenvalue weighted by Crippen LogP contribution is -2.66. The smallest absolute Gasteiger partial charge is 0.251 e. The highest BCUT2D eigenvalue weighted by Gasteiger charge is 2.51. The fourth-order valence-electron chi connectivity index (χ4n) is 9.06. The first kappa shape index (κ1) is 59.3. The average molecular weight is 1060 g/mol. The Kier molecular flexibility index (Phi) is 25.3. The van der Waals surface area contributed by atoms with Gasteiger partial charge in [-0.2, -0.15) is 0 Å². The Balaban J connectivity index is 1.14. The van der Waals surface area contributed by atoms with E-state index in [2.05, 4.69) is 24.5 Å². The summed E-state index contributed by atoms with van der Waals surface area (Å²) in [6.45, 7) is 4.24. The molecule has 17 heteroatoms. The van der Waals surface area contributed by atoms with Gasteiger partial charge in [-0.15, -0.1) is 0 Å². The molecule has 0 radical (unpaired) electrons. The molecule has 0 spiro atoms. The third-order valence-corrected chi connectivity index (χ3v) is 14.8. The van der Waals surface area contributed by atoms with Gasteiger partial charge < -0.3 is 69.7 Å². The van der Waals surface area contributed by atoms with Gasteiger partial charge in [0.1, 0.15) is 83.7 Å². The van der Waals surface area contributed by atoms with Gasteiger partial charge in [0.2, 0.25) is 0 Å². The van der Waals surface area contributed by atoms with Crippen LogP contribution in [0.4, 0.5) is 0 Å². The van der Waals surface area contributed by atoms with Gasteiger partial charge >= 0.3 is 0 Å². The van der Waals surface area contributed by atoms with Gasteiger partial charge in [0.25, 0.3) is 11.8 Å². The molecule has 2 amide bonds. The third kappa shape index (κ3) is 18.6. The molecule has 0 saturated carbocycles. The van der Waals surface area contributed by atoms with Crippen molar-refractivity contribution in [3.63, 3.8) is 0 Å². The number of carbonyl (C=O) groups is 2. The van der Waals surface area contributed by atoms with Crippen molar-refractivity contribution in [2.75, 3.05) is 26.4 Å². The SMILES string of the molecule is CCCCCCCCCOc1cc(OCc2ccccc2)cc(C(=O)NC2C(O)C(SC3O[C@@H](CO)[C@H](O)[C@H](NC(=O)c4cc(OCCCCCCCCC)cc(OCc5ccccc5)c4)[C@H]3O)O[C@H](CO)[C@@H]2O)c1. The van der Waals surface area contributed by atoms with E-state index in [4.69, 9.17) is 28.4 Å². The molecule has 4 aromatic carbocycles. The number of thioether (sulfide) groups is 1. The molecule has 4 aromatic rings. The lowest BCUT2D eigenvalue weighted by atomic mass is 9.96. The summed E-state index contributed by atoms with van der Waals surface area (Å²) < 4.78 is 36.4. The second-order valence-electron chi connectivity index (χ2n) is 19.4. The quantitative estimate of drug-likeness (QED) is 0.0220. The molecular formula is C58H80N2O14S. The zero-order chi connectivity index (χ0) is 53.4. The number of amides is 2. The Bertz CT molecular complexity index is 2120. The summed E-state index contributed by atoms with van der Waals surface area (Å²) in [4.78, 5) is 28.3. The van der Waals surface area contributed by atoms with E-state index in [1.807, 2.05) is 60.7 Å². The van der Waals surface area contributed by atoms with Crippen LogP contribution in [0.3, 0.4) is 0 Å². The van der Waals surface area contributed by atoms with Crippen molar-refractivity contribution < 1.29 is 68.6 Å². The molecule has 16 nitrogen and oxygen atoms in total. The molecule has 412 valence electrons. The van der Waals surface area contributed by atoms with Gasteiger partial charge in [-0.3, -0.25) is 9.59 Å². The van der Waals surface area contributed by atoms with E-state index in [1.165, 1.54) is 63.5 Å². The Morgan fingerprint density at radius 2 is 0.827 bits per heavy atom. The first-order valence-corrected chi connectivity index (χ1v) is 27.9. The zero-order valence-electron chi connectivity index (χ0n) is 43.5. The largest absolute Gasteiger partial charge is 0.493 e. The van der Waals surface area contributed by atoms with Crippen LogP contribution in [0.15, 0.2) is 97.1 Å². The van der Waals surface area contributed by atoms with Gasteiger partial charge in [-0.1, -0.05) is 163 Å². The van der Waals surface area contributed by atoms with Gasteiger partial charge in [0.05, 0.1) is 38.5 Å². The summed E-state index contributed by atoms with van der Waals surface area (Å²) in [6, 6.07) is 25.8. The maximum Gasteiger partial charge on any atom is 0.251 e. The Morgan fingerprint density at radius 3 is 1.19 bits per heavy atom. The molecule has 8 N–H and O–H groups in total. The summed E-state index contributed by atoms with van der Waals surface area (Å²) >= 11 is 0.737. The summed E-state index contributed by atoms with van der Waals surface area (Å²) in [5.41, 5.74) is -0.664. The predicted octanol–water partition coefficient (Wildman–Crippen LogP) is 7.61. The normalized spacial score (nSPS) is 23.5. The van der Waals surface area contributed by atoms with E-state index in [1.54, 1.807) is 24.3 Å². The van der Waals surface area contributed by atoms with Crippen molar-refractivity contribution in [3.8, 4) is 23.0 Å². The van der Waals surface area contributed by atoms with Crippen molar-refractivity contribution in [2.45, 2.75) is 177 Å². The van der Waals surface area contributed by atoms with Crippen LogP contribution in [-0.2, 0) is 22.7 Å². The van der Waals surface area contributed by atoms with Crippen LogP contribution in [0.1, 0.15) is 136 Å². The van der Waals surface area contributed by atoms with Gasteiger partial charge in [0, 0.05) is 23.3 Å². The monoisotopic (exact) mass is 1060 g/mol. The van der Waals surface area contributed by atoms with Gasteiger partial charge in [-0.25, -0.2) is 0 Å². The third-order valence-electron chi connectivity index (χ3n) is 13.4. The van der Waals surface area contributed by atoms with Crippen LogP contribution in [0.5, 0.6) is 23.0 Å². The lowest BCUT2D eigenvalue weighted by Gasteiger charge is -2.46. The van der Waals surface area contributed by atoms with Crippen LogP contribution in [-0.4, -0.2) is 128 Å². The van der Waals surface area contributed by atoms with E-state index in [9.17, 15) is 40.2 Å². The Hall–Kier alpha value is -4.95. The molecule has 0 bridgehead atoms. The van der Waals surface area contributed by atoms with Crippen LogP contribution in [0.25, 0.3) is 0 Å². The second-order valence-corrected chi connectivity index (χ2v) is 20.6. The van der Waals surface area contributed by atoms with Crippen molar-refractivity contribution in [3.05, 3.63) is 119 Å². The number of hydrogen-bond acceptors (Lipinski definition) is 15. The Labute approximate surface area is 446 Å². The molecular weight excluding hydrogens is 981 g/mol. The fourth-order valence-corrected chi connectivity index (χ4v) is 10.4. The molecule has 75 heavy (non-hydrogen) atoms. The van der Waals surface area contributed by atoms with Crippen LogP contribution < -0.4 is 29.6 Å². The number of nitrogens with one attached hydrogen (secondary N) is 2. The number of aliphatic hydroxyl groups excluding tert-OH is 6. The highest BCUT2D eigenvalue weighted by molar-refractivity contribution is 8.00. The number of ether oxygens (including phenoxy) is 6. The maximum atomic E-state index is 14.1. The number of rotatable bonds is 32. The molecule has 4 unspecified atom stereocenters. The summed E-state index contributed by atoms with van der Waals surface area (Å²) in [6.07, 6.45) is 6.25. The molecule has 6 rings (SSSR count). The fraction of sp³-hybridized carbons (Fsp3) is 0.552. The van der Waals surface area contributed by atoms with Crippen LogP contribution >= 0.6 is 11.8 Å². The van der Waals surface area contributed by atoms with Crippen LogP contribution in [0.2, 0.25) is 0 Å². The summed E-state index contributed by atoms with van der Waals surface area (Å²) in [5.74, 6) is 0.138. The van der Waals surface area contributed by atoms with E-state index in [-0.39, 0.29) is 24.3 Å². The maximum absolute atomic E-state index is 14.1. The minimum Gasteiger partial charge on any atom is -0.493 e. The molecule has 2 fully saturated rings. The standard InChI is InChI=1S/C58H80N2O14S/c1-3-5-7-9-11-13-21-27-69-43-29-41(31-45(33-43)71-37-39-23-17-15-18-24-39)55(67)59-49-51(63)47(35-61)73-57(53(49)65)75-58-54(66)50(52(64)48(36-62)74-58)60-56(68)42-30-44(70-28-22-14-12-10-8-6-4-2)34-46(32-42)72-38-40-25-19-16-20-26-40/h15-20,23-26,29-34,47-54,57-58,61-66H,3-14,21-22,27-28,35-38H2,1-2H3,(H,59,67)(H,60,68)/t47-,48+,49-,50?,51-,52-,53+,54?,57?,58?/m0/s1. The number of carbonyl (C=O) groups excluding carboxylic acids is 2. The second kappa shape index (κ2) is 31.9. The molecule has 2 heterocycles. The van der Waals surface area contributed by atoms with E-state index in [0.29, 0.717) is 36.2 Å². The summed E-state index contributed by atoms with van der Waals surface area (Å²) in [7, 11) is 0. The van der Waals surface area contributed by atoms with Crippen LogP contribution in [0, 0.1) is 0 Å². The highest BCUT2D eigenvalue weighted by Crippen LogP contribution is 2.37. The zero-order valence-corrected chi connectivity index (χ0v) is 44.3. The first-order chi connectivity index (χ1) is 36.5. The number of unbranched alkanes of at least 4 members (excludes halogenated alkanes) is 12. The average Bonchev–Trinajstić information content (AvgIpc) is 3.43. The van der Waals surface area contributed by atoms with E-state index in [0.717, 1.165) is 61.4 Å². The van der Waals surface area contributed by atoms with Crippen molar-refractivity contribution in [1.29, 1.82) is 0 Å². The number of hydrogen-bond donors (Lipinski definition) is 8. The molecule has 0 aliphatic carbocycles. The predicted molar refractivity (Wildman–Crippen MR) is 287 cm³/mol. The summed E-state index contributed by atoms with van der Waals surface area (Å²) in [5, 5.41) is 72.6. The number of benzene rings is 4. The first-order valence-electron chi connectivity index (χ1n) is 26.9. The topological polar surface area (TPSA) is 235 Å². The van der Waals surface area contributed by atoms with Crippen molar-refractivity contribution in [1.82, 2.24) is 10.6 Å². The molecule has 2 aliphatic heterocycles. The lowest BCUT2D eigenvalue weighted by molar-refractivity contribution is -0.175. The Morgan fingerprint density at radius 1 is 0.480 bits per heavy atom. The molecule has 2 aliphatic rings. The molecule has 2 saturated heterocycles. The van der Waals surface area contributed by atoms with E-state index >= 15 is 0 Å². The van der Waals surface area contributed by atoms with Gasteiger partial charge in [-0.05, 0) is 48.2 Å². The highest BCUT2D eigenvalue weighted by atomic mass is 32.2. The van der Waals surface area contributed by atoms with E-state index < -0.39 is 84.6 Å².